The highest BCUT2D eigenvalue weighted by atomic mass is 35.5. The largest absolute Gasteiger partial charge is 0.496 e. The van der Waals surface area contributed by atoms with Gasteiger partial charge in [-0.3, -0.25) is 0 Å². The molecule has 0 bridgehead atoms. The van der Waals surface area contributed by atoms with E-state index in [1.165, 1.54) is 0 Å². The molecule has 0 amide bonds. The van der Waals surface area contributed by atoms with Crippen molar-refractivity contribution in [3.8, 4) is 5.75 Å². The molecule has 0 aliphatic rings. The van der Waals surface area contributed by atoms with Crippen LogP contribution >= 0.6 is 22.9 Å². The molecule has 1 N–H and O–H groups in total. The zero-order chi connectivity index (χ0) is 15.6. The second-order valence-corrected chi connectivity index (χ2v) is 7.36. The van der Waals surface area contributed by atoms with E-state index in [1.54, 1.807) is 36.6 Å². The fourth-order valence-electron chi connectivity index (χ4n) is 1.98. The van der Waals surface area contributed by atoms with Gasteiger partial charge in [-0.15, -0.1) is 11.3 Å². The van der Waals surface area contributed by atoms with Crippen molar-refractivity contribution in [2.24, 2.45) is 0 Å². The van der Waals surface area contributed by atoms with Gasteiger partial charge in [0.1, 0.15) is 5.75 Å². The zero-order valence-corrected chi connectivity index (χ0v) is 14.3. The van der Waals surface area contributed by atoms with E-state index in [4.69, 9.17) is 16.3 Å². The minimum atomic E-state index is -0.656. The molecule has 0 fully saturated rings. The Morgan fingerprint density at radius 2 is 2.10 bits per heavy atom. The van der Waals surface area contributed by atoms with Gasteiger partial charge in [0.15, 0.2) is 0 Å². The van der Waals surface area contributed by atoms with Crippen LogP contribution in [-0.4, -0.2) is 17.2 Å². The predicted octanol–water partition coefficient (Wildman–Crippen LogP) is 4.38. The van der Waals surface area contributed by atoms with E-state index in [2.05, 4.69) is 31.1 Å². The first-order chi connectivity index (χ1) is 9.81. The van der Waals surface area contributed by atoms with Gasteiger partial charge in [0.25, 0.3) is 0 Å². The number of ether oxygens (including phenoxy) is 1. The Morgan fingerprint density at radius 1 is 1.38 bits per heavy atom. The molecule has 0 saturated heterocycles. The Morgan fingerprint density at radius 3 is 2.67 bits per heavy atom. The molecule has 5 heteroatoms. The number of aliphatic hydroxyl groups excluding tert-OH is 1. The fraction of sp³-hybridized carbons (Fsp3) is 0.438. The highest BCUT2D eigenvalue weighted by Gasteiger charge is 2.20. The number of benzene rings is 1. The monoisotopic (exact) mass is 325 g/mol. The molecule has 2 aromatic rings. The fourth-order valence-corrected chi connectivity index (χ4v) is 3.21. The number of methoxy groups -OCH3 is 1. The highest BCUT2D eigenvalue weighted by Crippen LogP contribution is 2.32. The van der Waals surface area contributed by atoms with Crippen molar-refractivity contribution in [2.75, 3.05) is 7.11 Å². The van der Waals surface area contributed by atoms with Crippen molar-refractivity contribution >= 4 is 22.9 Å². The van der Waals surface area contributed by atoms with Crippen molar-refractivity contribution < 1.29 is 9.84 Å². The number of hydrogen-bond donors (Lipinski definition) is 1. The molecule has 1 aromatic heterocycles. The topological polar surface area (TPSA) is 42.4 Å². The van der Waals surface area contributed by atoms with E-state index in [9.17, 15) is 5.11 Å². The summed E-state index contributed by atoms with van der Waals surface area (Å²) in [5.41, 5.74) is 1.81. The van der Waals surface area contributed by atoms with Crippen LogP contribution in [0, 0.1) is 0 Å². The van der Waals surface area contributed by atoms with E-state index < -0.39 is 6.10 Å². The van der Waals surface area contributed by atoms with Gasteiger partial charge in [0, 0.05) is 27.8 Å². The Kier molecular flexibility index (Phi) is 4.91. The molecular formula is C16H20ClNO2S. The molecule has 0 spiro atoms. The van der Waals surface area contributed by atoms with Gasteiger partial charge >= 0.3 is 0 Å². The van der Waals surface area contributed by atoms with Gasteiger partial charge in [-0.25, -0.2) is 4.98 Å². The van der Waals surface area contributed by atoms with Crippen molar-refractivity contribution in [2.45, 2.75) is 38.7 Å². The third-order valence-corrected chi connectivity index (χ3v) is 4.35. The third kappa shape index (κ3) is 3.96. The van der Waals surface area contributed by atoms with Crippen LogP contribution in [0.15, 0.2) is 23.6 Å². The normalized spacial score (nSPS) is 13.2. The molecule has 1 aromatic carbocycles. The first kappa shape index (κ1) is 16.3. The second-order valence-electron chi connectivity index (χ2n) is 5.98. The number of aliphatic hydroxyl groups is 1. The Hall–Kier alpha value is -1.10. The summed E-state index contributed by atoms with van der Waals surface area (Å²) < 4.78 is 5.28. The smallest absolute Gasteiger partial charge is 0.126 e. The summed E-state index contributed by atoms with van der Waals surface area (Å²) in [6.45, 7) is 6.39. The maximum absolute atomic E-state index is 10.4. The average molecular weight is 326 g/mol. The Bertz CT molecular complexity index is 619. The van der Waals surface area contributed by atoms with Crippen molar-refractivity contribution in [1.29, 1.82) is 0 Å². The van der Waals surface area contributed by atoms with E-state index in [1.807, 2.05) is 0 Å². The van der Waals surface area contributed by atoms with Gasteiger partial charge in [-0.1, -0.05) is 38.4 Å². The van der Waals surface area contributed by atoms with Crippen molar-refractivity contribution in [1.82, 2.24) is 4.98 Å². The van der Waals surface area contributed by atoms with Crippen LogP contribution in [0.1, 0.15) is 43.1 Å². The Balaban J connectivity index is 2.18. The summed E-state index contributed by atoms with van der Waals surface area (Å²) in [6, 6.07) is 5.26. The molecule has 0 saturated carbocycles. The van der Waals surface area contributed by atoms with Crippen LogP contribution in [0.3, 0.4) is 0 Å². The molecule has 1 atom stereocenters. The average Bonchev–Trinajstić information content (AvgIpc) is 2.86. The van der Waals surface area contributed by atoms with E-state index in [-0.39, 0.29) is 5.41 Å². The minimum Gasteiger partial charge on any atom is -0.496 e. The molecule has 0 aliphatic heterocycles. The standard InChI is InChI=1S/C16H20ClNO2S/c1-16(2,3)14-9-21-15(18-14)8-12(19)11-6-5-10(17)7-13(11)20-4/h5-7,9,12,19H,8H2,1-4H3. The lowest BCUT2D eigenvalue weighted by molar-refractivity contribution is 0.174. The maximum atomic E-state index is 10.4. The summed E-state index contributed by atoms with van der Waals surface area (Å²) >= 11 is 7.52. The van der Waals surface area contributed by atoms with Crippen LogP contribution in [0.25, 0.3) is 0 Å². The second kappa shape index (κ2) is 6.34. The third-order valence-electron chi connectivity index (χ3n) is 3.24. The zero-order valence-electron chi connectivity index (χ0n) is 12.7. The molecule has 1 heterocycles. The molecule has 21 heavy (non-hydrogen) atoms. The molecular weight excluding hydrogens is 306 g/mol. The first-order valence-electron chi connectivity index (χ1n) is 6.77. The summed E-state index contributed by atoms with van der Waals surface area (Å²) in [5, 5.41) is 14.0. The summed E-state index contributed by atoms with van der Waals surface area (Å²) in [6.07, 6.45) is -0.185. The van der Waals surface area contributed by atoms with Crippen molar-refractivity contribution in [3.63, 3.8) is 0 Å². The molecule has 0 aliphatic carbocycles. The molecule has 0 radical (unpaired) electrons. The van der Waals surface area contributed by atoms with Gasteiger partial charge in [0.05, 0.1) is 23.9 Å². The van der Waals surface area contributed by atoms with Crippen LogP contribution in [-0.2, 0) is 11.8 Å². The molecule has 2 rings (SSSR count). The van der Waals surface area contributed by atoms with Gasteiger partial charge in [0.2, 0.25) is 0 Å². The number of aromatic nitrogens is 1. The number of halogens is 1. The van der Waals surface area contributed by atoms with Crippen LogP contribution in [0.4, 0.5) is 0 Å². The maximum Gasteiger partial charge on any atom is 0.126 e. The summed E-state index contributed by atoms with van der Waals surface area (Å²) in [7, 11) is 1.57. The number of thiazole rings is 1. The lowest BCUT2D eigenvalue weighted by Gasteiger charge is -2.15. The van der Waals surface area contributed by atoms with Gasteiger partial charge < -0.3 is 9.84 Å². The lowest BCUT2D eigenvalue weighted by Crippen LogP contribution is -2.12. The van der Waals surface area contributed by atoms with E-state index >= 15 is 0 Å². The number of rotatable bonds is 4. The van der Waals surface area contributed by atoms with Crippen molar-refractivity contribution in [3.05, 3.63) is 44.9 Å². The molecule has 1 unspecified atom stereocenters. The van der Waals surface area contributed by atoms with Gasteiger partial charge in [-0.2, -0.15) is 0 Å². The lowest BCUT2D eigenvalue weighted by atomic mass is 9.93. The molecule has 114 valence electrons. The summed E-state index contributed by atoms with van der Waals surface area (Å²) in [4.78, 5) is 4.61. The SMILES string of the molecule is COc1cc(Cl)ccc1C(O)Cc1nc(C(C)(C)C)cs1. The predicted molar refractivity (Wildman–Crippen MR) is 87.5 cm³/mol. The molecule has 3 nitrogen and oxygen atoms in total. The number of nitrogens with zero attached hydrogens (tertiary/aromatic N) is 1. The quantitative estimate of drug-likeness (QED) is 0.907. The van der Waals surface area contributed by atoms with Crippen LogP contribution in [0.2, 0.25) is 5.02 Å². The minimum absolute atomic E-state index is 0.0255. The number of hydrogen-bond acceptors (Lipinski definition) is 4. The van der Waals surface area contributed by atoms with Crippen LogP contribution in [0.5, 0.6) is 5.75 Å². The van der Waals surface area contributed by atoms with Gasteiger partial charge in [-0.05, 0) is 12.1 Å². The van der Waals surface area contributed by atoms with Crippen LogP contribution < -0.4 is 4.74 Å². The first-order valence-corrected chi connectivity index (χ1v) is 8.03. The van der Waals surface area contributed by atoms with E-state index in [0.717, 1.165) is 16.3 Å². The Labute approximate surface area is 134 Å². The van der Waals surface area contributed by atoms with E-state index in [0.29, 0.717) is 17.2 Å². The summed E-state index contributed by atoms with van der Waals surface area (Å²) in [5.74, 6) is 0.600. The highest BCUT2D eigenvalue weighted by molar-refractivity contribution is 7.09.